The van der Waals surface area contributed by atoms with Crippen molar-refractivity contribution in [2.45, 2.75) is 13.0 Å². The van der Waals surface area contributed by atoms with Gasteiger partial charge in [-0.2, -0.15) is 8.75 Å². The Hall–Kier alpha value is -4.39. The van der Waals surface area contributed by atoms with Crippen molar-refractivity contribution in [3.63, 3.8) is 0 Å². The molecule has 2 aromatic heterocycles. The van der Waals surface area contributed by atoms with Gasteiger partial charge < -0.3 is 9.38 Å². The van der Waals surface area contributed by atoms with E-state index in [1.54, 1.807) is 0 Å². The molecule has 0 spiro atoms. The molecule has 5 nitrogen and oxygen atoms in total. The van der Waals surface area contributed by atoms with Gasteiger partial charge in [-0.3, -0.25) is 0 Å². The smallest absolute Gasteiger partial charge is 0.169 e. The second-order valence-electron chi connectivity index (χ2n) is 11.4. The number of anilines is 3. The van der Waals surface area contributed by atoms with E-state index in [2.05, 4.69) is 140 Å². The molecule has 0 amide bonds. The van der Waals surface area contributed by atoms with Gasteiger partial charge in [-0.1, -0.05) is 60.7 Å². The van der Waals surface area contributed by atoms with Crippen LogP contribution in [0.25, 0.3) is 33.3 Å². The maximum Gasteiger partial charge on any atom is 0.169 e. The number of fused-ring (bicyclic) bond motifs is 1. The summed E-state index contributed by atoms with van der Waals surface area (Å²) in [5.74, 6) is 0. The lowest BCUT2D eigenvalue weighted by Crippen LogP contribution is -2.39. The molecular weight excluding hydrogens is 522 g/mol. The van der Waals surface area contributed by atoms with E-state index in [1.165, 1.54) is 11.7 Å². The molecule has 204 valence electrons. The Balaban J connectivity index is 1.28. The first-order valence-electron chi connectivity index (χ1n) is 14.0. The molecule has 0 saturated heterocycles. The summed E-state index contributed by atoms with van der Waals surface area (Å²) in [4.78, 5) is 2.27. The number of para-hydroxylation sites is 2. The fraction of sp³-hybridized carbons (Fsp3) is 0.171. The molecule has 0 unspecified atom stereocenters. The normalized spacial score (nSPS) is 11.6. The SMILES string of the molecule is C[N+](C)(C)CCC[n+]1ccc(-c2ccc(-c3ccc(N(c4ccccc4)c4ccccc4)cc3)c3nsnc23)cc1. The zero-order valence-corrected chi connectivity index (χ0v) is 24.6. The Morgan fingerprint density at radius 1 is 0.610 bits per heavy atom. The molecule has 6 rings (SSSR count). The molecule has 0 aliphatic heterocycles. The van der Waals surface area contributed by atoms with Gasteiger partial charge in [0.2, 0.25) is 0 Å². The van der Waals surface area contributed by atoms with Gasteiger partial charge in [0.25, 0.3) is 0 Å². The molecule has 4 aromatic carbocycles. The number of hydrogen-bond acceptors (Lipinski definition) is 4. The number of nitrogens with zero attached hydrogens (tertiary/aromatic N) is 5. The van der Waals surface area contributed by atoms with E-state index in [0.717, 1.165) is 74.3 Å². The van der Waals surface area contributed by atoms with Crippen LogP contribution in [0.4, 0.5) is 17.1 Å². The van der Waals surface area contributed by atoms with E-state index in [0.29, 0.717) is 0 Å². The molecule has 0 atom stereocenters. The summed E-state index contributed by atoms with van der Waals surface area (Å²) in [7, 11) is 6.72. The second kappa shape index (κ2) is 11.6. The number of benzene rings is 4. The summed E-state index contributed by atoms with van der Waals surface area (Å²) < 4.78 is 12.7. The lowest BCUT2D eigenvalue weighted by molar-refractivity contribution is -0.873. The predicted octanol–water partition coefficient (Wildman–Crippen LogP) is 7.88. The Labute approximate surface area is 246 Å². The molecule has 41 heavy (non-hydrogen) atoms. The van der Waals surface area contributed by atoms with Gasteiger partial charge in [0.15, 0.2) is 18.9 Å². The van der Waals surface area contributed by atoms with E-state index in [4.69, 9.17) is 8.75 Å². The van der Waals surface area contributed by atoms with Crippen LogP contribution in [0, 0.1) is 0 Å². The van der Waals surface area contributed by atoms with Crippen LogP contribution < -0.4 is 9.47 Å². The van der Waals surface area contributed by atoms with Crippen molar-refractivity contribution in [2.75, 3.05) is 32.6 Å². The van der Waals surface area contributed by atoms with Crippen molar-refractivity contribution in [3.05, 3.63) is 122 Å². The number of quaternary nitrogens is 1. The molecule has 0 aliphatic carbocycles. The summed E-state index contributed by atoms with van der Waals surface area (Å²) in [5, 5.41) is 0. The van der Waals surface area contributed by atoms with Crippen LogP contribution >= 0.6 is 11.7 Å². The highest BCUT2D eigenvalue weighted by molar-refractivity contribution is 7.00. The summed E-state index contributed by atoms with van der Waals surface area (Å²) in [6, 6.07) is 38.4. The third-order valence-electron chi connectivity index (χ3n) is 7.33. The molecule has 0 N–H and O–H groups in total. The maximum atomic E-state index is 4.73. The van der Waals surface area contributed by atoms with Gasteiger partial charge in [0, 0.05) is 40.3 Å². The summed E-state index contributed by atoms with van der Waals surface area (Å²) in [6.45, 7) is 2.17. The van der Waals surface area contributed by atoms with Gasteiger partial charge >= 0.3 is 0 Å². The highest BCUT2D eigenvalue weighted by Gasteiger charge is 2.16. The zero-order valence-electron chi connectivity index (χ0n) is 23.8. The molecule has 6 heteroatoms. The minimum atomic E-state index is 0.947. The summed E-state index contributed by atoms with van der Waals surface area (Å²) in [5.41, 5.74) is 9.76. The minimum Gasteiger partial charge on any atom is -0.331 e. The van der Waals surface area contributed by atoms with Crippen molar-refractivity contribution in [3.8, 4) is 22.3 Å². The Bertz CT molecular complexity index is 1680. The van der Waals surface area contributed by atoms with Gasteiger partial charge in [-0.15, -0.1) is 0 Å². The van der Waals surface area contributed by atoms with E-state index in [1.807, 2.05) is 12.1 Å². The van der Waals surface area contributed by atoms with Crippen molar-refractivity contribution in [2.24, 2.45) is 0 Å². The van der Waals surface area contributed by atoms with Crippen molar-refractivity contribution in [1.29, 1.82) is 0 Å². The number of rotatable bonds is 9. The molecule has 0 bridgehead atoms. The largest absolute Gasteiger partial charge is 0.331 e. The number of pyridine rings is 1. The summed E-state index contributed by atoms with van der Waals surface area (Å²) >= 11 is 1.27. The van der Waals surface area contributed by atoms with Crippen LogP contribution in [0.1, 0.15) is 6.42 Å². The third kappa shape index (κ3) is 6.04. The minimum absolute atomic E-state index is 0.947. The first-order chi connectivity index (χ1) is 20.0. The van der Waals surface area contributed by atoms with E-state index < -0.39 is 0 Å². The Morgan fingerprint density at radius 2 is 1.10 bits per heavy atom. The topological polar surface area (TPSA) is 32.9 Å². The molecule has 0 radical (unpaired) electrons. The average Bonchev–Trinajstić information content (AvgIpc) is 3.49. The molecule has 0 aliphatic rings. The van der Waals surface area contributed by atoms with Gasteiger partial charge in [-0.25, -0.2) is 4.57 Å². The standard InChI is InChI=1S/C35H35N5S/c1-40(2,3)26-10-23-38-24-21-28(22-25-38)33-20-19-32(34-35(33)37-41-36-34)27-15-17-31(18-16-27)39(29-11-6-4-7-12-29)30-13-8-5-9-14-30/h4-9,11-22,24-25H,10,23,26H2,1-3H3/q+2. The summed E-state index contributed by atoms with van der Waals surface area (Å²) in [6.07, 6.45) is 5.50. The van der Waals surface area contributed by atoms with Crippen LogP contribution in [0.15, 0.2) is 122 Å². The highest BCUT2D eigenvalue weighted by atomic mass is 32.1. The lowest BCUT2D eigenvalue weighted by atomic mass is 9.98. The predicted molar refractivity (Wildman–Crippen MR) is 171 cm³/mol. The molecule has 6 aromatic rings. The van der Waals surface area contributed by atoms with Crippen molar-refractivity contribution in [1.82, 2.24) is 8.75 Å². The lowest BCUT2D eigenvalue weighted by Gasteiger charge is -2.25. The fourth-order valence-electron chi connectivity index (χ4n) is 5.24. The maximum absolute atomic E-state index is 4.73. The molecule has 0 saturated carbocycles. The Morgan fingerprint density at radius 3 is 1.61 bits per heavy atom. The van der Waals surface area contributed by atoms with Crippen LogP contribution in [0.2, 0.25) is 0 Å². The van der Waals surface area contributed by atoms with Crippen molar-refractivity contribution >= 4 is 39.8 Å². The fourth-order valence-corrected chi connectivity index (χ4v) is 5.81. The van der Waals surface area contributed by atoms with Crippen LogP contribution in [-0.4, -0.2) is 40.9 Å². The molecule has 0 fully saturated rings. The quantitative estimate of drug-likeness (QED) is 0.134. The van der Waals surface area contributed by atoms with Crippen LogP contribution in [0.3, 0.4) is 0 Å². The highest BCUT2D eigenvalue weighted by Crippen LogP contribution is 2.38. The van der Waals surface area contributed by atoms with Crippen LogP contribution in [-0.2, 0) is 6.54 Å². The first-order valence-corrected chi connectivity index (χ1v) is 14.8. The Kier molecular flexibility index (Phi) is 7.59. The second-order valence-corrected chi connectivity index (χ2v) is 11.9. The number of aryl methyl sites for hydroxylation is 1. The van der Waals surface area contributed by atoms with Gasteiger partial charge in [0.1, 0.15) is 11.0 Å². The number of aromatic nitrogens is 3. The van der Waals surface area contributed by atoms with Gasteiger partial charge in [-0.05, 0) is 47.5 Å². The zero-order chi connectivity index (χ0) is 28.2. The molecule has 2 heterocycles. The van der Waals surface area contributed by atoms with E-state index in [-0.39, 0.29) is 0 Å². The first kappa shape index (κ1) is 26.8. The molecular formula is C35H35N5S+2. The van der Waals surface area contributed by atoms with E-state index >= 15 is 0 Å². The van der Waals surface area contributed by atoms with E-state index in [9.17, 15) is 0 Å². The average molecular weight is 558 g/mol. The van der Waals surface area contributed by atoms with Crippen molar-refractivity contribution < 1.29 is 9.05 Å². The monoisotopic (exact) mass is 557 g/mol. The van der Waals surface area contributed by atoms with Crippen LogP contribution in [0.5, 0.6) is 0 Å². The third-order valence-corrected chi connectivity index (χ3v) is 7.86. The van der Waals surface area contributed by atoms with Gasteiger partial charge in [0.05, 0.1) is 45.8 Å². The number of hydrogen-bond donors (Lipinski definition) is 0.